The lowest BCUT2D eigenvalue weighted by atomic mass is 10.1. The maximum absolute atomic E-state index is 5.67. The SMILES string of the molecule is CCCCOC[C@@H]1CN2CCOC[C@@H]2CN1. The molecule has 0 amide bonds. The molecule has 0 aromatic rings. The summed E-state index contributed by atoms with van der Waals surface area (Å²) in [6, 6.07) is 1.09. The third-order valence-corrected chi connectivity index (χ3v) is 3.41. The third-order valence-electron chi connectivity index (χ3n) is 3.41. The molecule has 2 saturated heterocycles. The van der Waals surface area contributed by atoms with Gasteiger partial charge >= 0.3 is 0 Å². The van der Waals surface area contributed by atoms with Crippen molar-refractivity contribution in [2.45, 2.75) is 31.8 Å². The van der Waals surface area contributed by atoms with Crippen molar-refractivity contribution >= 4 is 0 Å². The summed E-state index contributed by atoms with van der Waals surface area (Å²) < 4.78 is 11.1. The summed E-state index contributed by atoms with van der Waals surface area (Å²) in [6.45, 7) is 8.96. The predicted molar refractivity (Wildman–Crippen MR) is 63.7 cm³/mol. The molecular formula is C12H24N2O2. The van der Waals surface area contributed by atoms with Crippen LogP contribution in [-0.2, 0) is 9.47 Å². The standard InChI is InChI=1S/C12H24N2O2/c1-2-3-5-15-9-11-8-14-4-6-16-10-12(14)7-13-11/h11-13H,2-10H2,1H3/t11-,12-/m0/s1. The first kappa shape index (κ1) is 12.3. The van der Waals surface area contributed by atoms with E-state index in [9.17, 15) is 0 Å². The van der Waals surface area contributed by atoms with Gasteiger partial charge in [0.1, 0.15) is 0 Å². The van der Waals surface area contributed by atoms with Gasteiger partial charge in [0.25, 0.3) is 0 Å². The Morgan fingerprint density at radius 3 is 3.31 bits per heavy atom. The van der Waals surface area contributed by atoms with Crippen molar-refractivity contribution in [1.82, 2.24) is 10.2 Å². The Morgan fingerprint density at radius 1 is 1.50 bits per heavy atom. The normalized spacial score (nSPS) is 31.3. The molecular weight excluding hydrogens is 204 g/mol. The number of fused-ring (bicyclic) bond motifs is 1. The monoisotopic (exact) mass is 228 g/mol. The first-order valence-corrected chi connectivity index (χ1v) is 6.53. The second kappa shape index (κ2) is 6.55. The quantitative estimate of drug-likeness (QED) is 0.694. The highest BCUT2D eigenvalue weighted by Crippen LogP contribution is 2.11. The van der Waals surface area contributed by atoms with E-state index in [0.717, 1.165) is 46.1 Å². The molecule has 4 heteroatoms. The molecule has 16 heavy (non-hydrogen) atoms. The number of hydrogen-bond acceptors (Lipinski definition) is 4. The summed E-state index contributed by atoms with van der Waals surface area (Å²) in [6.07, 6.45) is 2.39. The van der Waals surface area contributed by atoms with Gasteiger partial charge in [-0.3, -0.25) is 4.90 Å². The average Bonchev–Trinajstić information content (AvgIpc) is 2.34. The van der Waals surface area contributed by atoms with Gasteiger partial charge in [0.05, 0.1) is 19.8 Å². The zero-order chi connectivity index (χ0) is 11.2. The number of nitrogens with zero attached hydrogens (tertiary/aromatic N) is 1. The van der Waals surface area contributed by atoms with Gasteiger partial charge in [-0.25, -0.2) is 0 Å². The Balaban J connectivity index is 1.65. The smallest absolute Gasteiger partial charge is 0.0634 e. The van der Waals surface area contributed by atoms with Gasteiger partial charge in [-0.2, -0.15) is 0 Å². The van der Waals surface area contributed by atoms with Crippen LogP contribution >= 0.6 is 0 Å². The lowest BCUT2D eigenvalue weighted by Gasteiger charge is -2.42. The number of rotatable bonds is 5. The molecule has 94 valence electrons. The van der Waals surface area contributed by atoms with Crippen LogP contribution in [0.3, 0.4) is 0 Å². The summed E-state index contributed by atoms with van der Waals surface area (Å²) in [5.41, 5.74) is 0. The van der Waals surface area contributed by atoms with Crippen molar-refractivity contribution in [3.8, 4) is 0 Å². The molecule has 1 N–H and O–H groups in total. The number of piperazine rings is 1. The van der Waals surface area contributed by atoms with Crippen LogP contribution in [0.4, 0.5) is 0 Å². The lowest BCUT2D eigenvalue weighted by Crippen LogP contribution is -2.61. The maximum Gasteiger partial charge on any atom is 0.0634 e. The van der Waals surface area contributed by atoms with E-state index in [1.54, 1.807) is 0 Å². The topological polar surface area (TPSA) is 33.7 Å². The van der Waals surface area contributed by atoms with Gasteiger partial charge in [-0.15, -0.1) is 0 Å². The summed E-state index contributed by atoms with van der Waals surface area (Å²) in [5, 5.41) is 3.55. The first-order valence-electron chi connectivity index (χ1n) is 6.53. The minimum Gasteiger partial charge on any atom is -0.380 e. The van der Waals surface area contributed by atoms with Crippen LogP contribution in [0, 0.1) is 0 Å². The van der Waals surface area contributed by atoms with Gasteiger partial charge < -0.3 is 14.8 Å². The number of hydrogen-bond donors (Lipinski definition) is 1. The van der Waals surface area contributed by atoms with E-state index in [0.29, 0.717) is 12.1 Å². The molecule has 0 saturated carbocycles. The summed E-state index contributed by atoms with van der Waals surface area (Å²) in [7, 11) is 0. The van der Waals surface area contributed by atoms with Crippen LogP contribution in [0.2, 0.25) is 0 Å². The zero-order valence-electron chi connectivity index (χ0n) is 10.3. The second-order valence-corrected chi connectivity index (χ2v) is 4.76. The zero-order valence-corrected chi connectivity index (χ0v) is 10.3. The summed E-state index contributed by atoms with van der Waals surface area (Å²) >= 11 is 0. The molecule has 0 aromatic heterocycles. The van der Waals surface area contributed by atoms with Gasteiger partial charge in [-0.1, -0.05) is 13.3 Å². The fourth-order valence-corrected chi connectivity index (χ4v) is 2.35. The van der Waals surface area contributed by atoms with Crippen LogP contribution in [-0.4, -0.2) is 63.0 Å². The first-order chi connectivity index (χ1) is 7.90. The Hall–Kier alpha value is -0.160. The van der Waals surface area contributed by atoms with Crippen LogP contribution in [0.15, 0.2) is 0 Å². The van der Waals surface area contributed by atoms with E-state index in [4.69, 9.17) is 9.47 Å². The second-order valence-electron chi connectivity index (χ2n) is 4.76. The number of ether oxygens (including phenoxy) is 2. The molecule has 2 rings (SSSR count). The van der Waals surface area contributed by atoms with Gasteiger partial charge in [0.15, 0.2) is 0 Å². The van der Waals surface area contributed by atoms with Crippen LogP contribution in [0.5, 0.6) is 0 Å². The molecule has 0 aliphatic carbocycles. The minimum absolute atomic E-state index is 0.506. The summed E-state index contributed by atoms with van der Waals surface area (Å²) in [5.74, 6) is 0. The lowest BCUT2D eigenvalue weighted by molar-refractivity contribution is -0.0354. The maximum atomic E-state index is 5.67. The molecule has 0 bridgehead atoms. The molecule has 0 spiro atoms. The third kappa shape index (κ3) is 3.42. The van der Waals surface area contributed by atoms with E-state index in [-0.39, 0.29) is 0 Å². The van der Waals surface area contributed by atoms with Gasteiger partial charge in [-0.05, 0) is 6.42 Å². The van der Waals surface area contributed by atoms with Crippen molar-refractivity contribution in [2.75, 3.05) is 46.1 Å². The van der Waals surface area contributed by atoms with Crippen molar-refractivity contribution in [3.05, 3.63) is 0 Å². The van der Waals surface area contributed by atoms with E-state index >= 15 is 0 Å². The largest absolute Gasteiger partial charge is 0.380 e. The van der Waals surface area contributed by atoms with E-state index < -0.39 is 0 Å². The highest BCUT2D eigenvalue weighted by molar-refractivity contribution is 4.87. The van der Waals surface area contributed by atoms with Crippen molar-refractivity contribution in [3.63, 3.8) is 0 Å². The van der Waals surface area contributed by atoms with Gasteiger partial charge in [0.2, 0.25) is 0 Å². The molecule has 4 nitrogen and oxygen atoms in total. The minimum atomic E-state index is 0.506. The molecule has 0 aromatic carbocycles. The van der Waals surface area contributed by atoms with Crippen LogP contribution in [0.25, 0.3) is 0 Å². The predicted octanol–water partition coefficient (Wildman–Crippen LogP) is 0.476. The fraction of sp³-hybridized carbons (Fsp3) is 1.00. The highest BCUT2D eigenvalue weighted by atomic mass is 16.5. The van der Waals surface area contributed by atoms with Crippen molar-refractivity contribution in [1.29, 1.82) is 0 Å². The van der Waals surface area contributed by atoms with Crippen LogP contribution in [0.1, 0.15) is 19.8 Å². The molecule has 2 atom stereocenters. The van der Waals surface area contributed by atoms with Gasteiger partial charge in [0, 0.05) is 38.3 Å². The fourth-order valence-electron chi connectivity index (χ4n) is 2.35. The Kier molecular flexibility index (Phi) is 5.03. The van der Waals surface area contributed by atoms with Crippen molar-refractivity contribution < 1.29 is 9.47 Å². The van der Waals surface area contributed by atoms with Crippen molar-refractivity contribution in [2.24, 2.45) is 0 Å². The molecule has 2 heterocycles. The molecule has 2 aliphatic heterocycles. The highest BCUT2D eigenvalue weighted by Gasteiger charge is 2.29. The molecule has 0 radical (unpaired) electrons. The van der Waals surface area contributed by atoms with Crippen LogP contribution < -0.4 is 5.32 Å². The van der Waals surface area contributed by atoms with E-state index in [1.807, 2.05) is 0 Å². The number of unbranched alkanes of at least 4 members (excludes halogenated alkanes) is 1. The molecule has 2 fully saturated rings. The molecule has 2 aliphatic rings. The number of morpholine rings is 1. The summed E-state index contributed by atoms with van der Waals surface area (Å²) in [4.78, 5) is 2.54. The Labute approximate surface area is 98.3 Å². The Morgan fingerprint density at radius 2 is 2.44 bits per heavy atom. The van der Waals surface area contributed by atoms with E-state index in [2.05, 4.69) is 17.1 Å². The Bertz CT molecular complexity index is 201. The molecule has 0 unspecified atom stereocenters. The average molecular weight is 228 g/mol. The van der Waals surface area contributed by atoms with E-state index in [1.165, 1.54) is 12.8 Å². The number of nitrogens with one attached hydrogen (secondary N) is 1.